The molecule has 0 aromatic carbocycles. The monoisotopic (exact) mass is 198 g/mol. The largest absolute Gasteiger partial charge is 0.466 e. The molecule has 2 nitrogen and oxygen atoms in total. The van der Waals surface area contributed by atoms with Crippen LogP contribution in [0.1, 0.15) is 40.0 Å². The van der Waals surface area contributed by atoms with Crippen molar-refractivity contribution in [2.24, 2.45) is 5.41 Å². The van der Waals surface area contributed by atoms with Crippen LogP contribution in [0.3, 0.4) is 0 Å². The summed E-state index contributed by atoms with van der Waals surface area (Å²) in [5, 5.41) is 0. The first kappa shape index (κ1) is 13.5. The Morgan fingerprint density at radius 1 is 1.36 bits per heavy atom. The maximum atomic E-state index is 11.5. The Morgan fingerprint density at radius 3 is 2.50 bits per heavy atom. The number of ether oxygens (including phenoxy) is 1. The Kier molecular flexibility index (Phi) is 6.68. The van der Waals surface area contributed by atoms with Crippen molar-refractivity contribution in [1.29, 1.82) is 0 Å². The van der Waals surface area contributed by atoms with Crippen LogP contribution in [-0.4, -0.2) is 19.9 Å². The first-order valence-electron chi connectivity index (χ1n) is 5.71. The van der Waals surface area contributed by atoms with E-state index in [0.717, 1.165) is 12.8 Å². The molecule has 0 amide bonds. The summed E-state index contributed by atoms with van der Waals surface area (Å²) in [6.07, 6.45) is 4.55. The highest BCUT2D eigenvalue weighted by atomic mass is 16.5. The summed E-state index contributed by atoms with van der Waals surface area (Å²) in [5.41, 5.74) is -0.302. The maximum Gasteiger partial charge on any atom is 0.311 e. The molecule has 0 unspecified atom stereocenters. The van der Waals surface area contributed by atoms with E-state index in [4.69, 9.17) is 4.74 Å². The van der Waals surface area contributed by atoms with Crippen LogP contribution in [0.5, 0.6) is 0 Å². The van der Waals surface area contributed by atoms with Crippen molar-refractivity contribution in [3.8, 4) is 0 Å². The zero-order valence-corrected chi connectivity index (χ0v) is 10.1. The standard InChI is InChI=1S/C11H23BO2/c1-5-14-10(13)11(2,3)8-6-7-9-12-4/h12H,5-9H2,1-4H3. The fourth-order valence-corrected chi connectivity index (χ4v) is 1.42. The van der Waals surface area contributed by atoms with E-state index in [1.807, 2.05) is 20.8 Å². The molecule has 0 aromatic heterocycles. The van der Waals surface area contributed by atoms with Crippen molar-refractivity contribution in [2.45, 2.75) is 53.2 Å². The smallest absolute Gasteiger partial charge is 0.311 e. The summed E-state index contributed by atoms with van der Waals surface area (Å²) in [6.45, 7) is 8.46. The van der Waals surface area contributed by atoms with Crippen LogP contribution in [0.4, 0.5) is 0 Å². The zero-order valence-electron chi connectivity index (χ0n) is 10.1. The molecule has 82 valence electrons. The molecule has 14 heavy (non-hydrogen) atoms. The van der Waals surface area contributed by atoms with Gasteiger partial charge in [-0.1, -0.05) is 26.0 Å². The van der Waals surface area contributed by atoms with Gasteiger partial charge in [-0.15, -0.1) is 0 Å². The van der Waals surface area contributed by atoms with Crippen molar-refractivity contribution < 1.29 is 9.53 Å². The number of hydrogen-bond acceptors (Lipinski definition) is 2. The minimum absolute atomic E-state index is 0.0588. The average molecular weight is 198 g/mol. The van der Waals surface area contributed by atoms with Gasteiger partial charge in [-0.3, -0.25) is 4.79 Å². The van der Waals surface area contributed by atoms with Gasteiger partial charge in [0, 0.05) is 0 Å². The maximum absolute atomic E-state index is 11.5. The molecule has 0 heterocycles. The second-order valence-electron chi connectivity index (χ2n) is 4.42. The van der Waals surface area contributed by atoms with Gasteiger partial charge in [-0.05, 0) is 27.2 Å². The molecule has 0 fully saturated rings. The molecular formula is C11H23BO2. The van der Waals surface area contributed by atoms with Crippen LogP contribution in [0, 0.1) is 5.41 Å². The molecule has 0 rings (SSSR count). The van der Waals surface area contributed by atoms with E-state index in [2.05, 4.69) is 6.82 Å². The summed E-state index contributed by atoms with van der Waals surface area (Å²) in [7, 11) is 1.24. The lowest BCUT2D eigenvalue weighted by Crippen LogP contribution is -2.26. The first-order valence-corrected chi connectivity index (χ1v) is 5.71. The van der Waals surface area contributed by atoms with Crippen LogP contribution in [0.25, 0.3) is 0 Å². The number of carbonyl (C=O) groups is 1. The van der Waals surface area contributed by atoms with E-state index >= 15 is 0 Å². The lowest BCUT2D eigenvalue weighted by Gasteiger charge is -2.21. The van der Waals surface area contributed by atoms with Crippen LogP contribution in [0.15, 0.2) is 0 Å². The molecule has 0 bridgehead atoms. The highest BCUT2D eigenvalue weighted by Crippen LogP contribution is 2.25. The zero-order chi connectivity index (χ0) is 11.0. The molecule has 3 heteroatoms. The summed E-state index contributed by atoms with van der Waals surface area (Å²) >= 11 is 0. The van der Waals surface area contributed by atoms with Gasteiger partial charge in [0.1, 0.15) is 7.28 Å². The van der Waals surface area contributed by atoms with Crippen LogP contribution in [-0.2, 0) is 9.53 Å². The van der Waals surface area contributed by atoms with Crippen molar-refractivity contribution in [3.63, 3.8) is 0 Å². The van der Waals surface area contributed by atoms with Crippen molar-refractivity contribution in [3.05, 3.63) is 0 Å². The van der Waals surface area contributed by atoms with Gasteiger partial charge in [0.25, 0.3) is 0 Å². The normalized spacial score (nSPS) is 11.1. The topological polar surface area (TPSA) is 26.3 Å². The predicted molar refractivity (Wildman–Crippen MR) is 62.1 cm³/mol. The minimum Gasteiger partial charge on any atom is -0.466 e. The van der Waals surface area contributed by atoms with Crippen molar-refractivity contribution >= 4 is 13.2 Å². The van der Waals surface area contributed by atoms with Gasteiger partial charge >= 0.3 is 5.97 Å². The van der Waals surface area contributed by atoms with E-state index < -0.39 is 0 Å². The fraction of sp³-hybridized carbons (Fsp3) is 0.909. The third-order valence-electron chi connectivity index (χ3n) is 2.48. The highest BCUT2D eigenvalue weighted by molar-refractivity contribution is 6.33. The SMILES string of the molecule is CBCCCCC(C)(C)C(=O)OCC. The molecule has 0 aliphatic carbocycles. The van der Waals surface area contributed by atoms with Crippen molar-refractivity contribution in [1.82, 2.24) is 0 Å². The Bertz CT molecular complexity index is 167. The molecular weight excluding hydrogens is 175 g/mol. The number of esters is 1. The van der Waals surface area contributed by atoms with Gasteiger partial charge < -0.3 is 4.74 Å². The lowest BCUT2D eigenvalue weighted by atomic mass is 9.75. The molecule has 0 aromatic rings. The molecule has 0 N–H and O–H groups in total. The van der Waals surface area contributed by atoms with E-state index in [1.54, 1.807) is 0 Å². The summed E-state index contributed by atoms with van der Waals surface area (Å²) in [4.78, 5) is 11.5. The van der Waals surface area contributed by atoms with E-state index in [0.29, 0.717) is 6.61 Å². The number of carbonyl (C=O) groups excluding carboxylic acids is 1. The van der Waals surface area contributed by atoms with E-state index in [9.17, 15) is 4.79 Å². The molecule has 0 spiro atoms. The Balaban J connectivity index is 3.76. The van der Waals surface area contributed by atoms with Crippen LogP contribution in [0.2, 0.25) is 13.1 Å². The molecule has 0 radical (unpaired) electrons. The molecule has 0 saturated carbocycles. The van der Waals surface area contributed by atoms with Gasteiger partial charge in [0.2, 0.25) is 0 Å². The highest BCUT2D eigenvalue weighted by Gasteiger charge is 2.28. The molecule has 0 saturated heterocycles. The van der Waals surface area contributed by atoms with E-state index in [1.165, 1.54) is 20.0 Å². The molecule has 0 atom stereocenters. The third-order valence-corrected chi connectivity index (χ3v) is 2.48. The number of hydrogen-bond donors (Lipinski definition) is 0. The minimum atomic E-state index is -0.302. The Morgan fingerprint density at radius 2 is 2.00 bits per heavy atom. The first-order chi connectivity index (χ1) is 6.54. The van der Waals surface area contributed by atoms with Gasteiger partial charge in [-0.2, -0.15) is 0 Å². The molecule has 0 aliphatic heterocycles. The van der Waals surface area contributed by atoms with Gasteiger partial charge in [0.05, 0.1) is 12.0 Å². The fourth-order valence-electron chi connectivity index (χ4n) is 1.42. The quantitative estimate of drug-likeness (QED) is 0.357. The van der Waals surface area contributed by atoms with E-state index in [-0.39, 0.29) is 11.4 Å². The predicted octanol–water partition coefficient (Wildman–Crippen LogP) is 2.65. The number of rotatable bonds is 7. The Hall–Kier alpha value is -0.465. The van der Waals surface area contributed by atoms with Crippen molar-refractivity contribution in [2.75, 3.05) is 6.61 Å². The second kappa shape index (κ2) is 6.91. The summed E-state index contributed by atoms with van der Waals surface area (Å²) in [5.74, 6) is -0.0588. The average Bonchev–Trinajstić information content (AvgIpc) is 2.13. The van der Waals surface area contributed by atoms with Crippen LogP contribution >= 0.6 is 0 Å². The summed E-state index contributed by atoms with van der Waals surface area (Å²) < 4.78 is 5.02. The van der Waals surface area contributed by atoms with Gasteiger partial charge in [-0.25, -0.2) is 0 Å². The lowest BCUT2D eigenvalue weighted by molar-refractivity contribution is -0.153. The van der Waals surface area contributed by atoms with Gasteiger partial charge in [0.15, 0.2) is 0 Å². The third kappa shape index (κ3) is 5.30. The molecule has 0 aliphatic rings. The Labute approximate surface area is 88.7 Å². The van der Waals surface area contributed by atoms with Crippen LogP contribution < -0.4 is 0 Å². The number of unbranched alkanes of at least 4 members (excludes halogenated alkanes) is 1. The summed E-state index contributed by atoms with van der Waals surface area (Å²) in [6, 6.07) is 0. The second-order valence-corrected chi connectivity index (χ2v) is 4.42.